The predicted molar refractivity (Wildman–Crippen MR) is 139 cm³/mol. The maximum atomic E-state index is 12.4. The molecule has 1 atom stereocenters. The molecule has 0 spiro atoms. The lowest BCUT2D eigenvalue weighted by Gasteiger charge is -2.43. The number of nitrogens with one attached hydrogen (secondary N) is 1. The van der Waals surface area contributed by atoms with Crippen LogP contribution in [0.4, 0.5) is 0 Å². The number of hydrogen-bond donors (Lipinski definition) is 2. The van der Waals surface area contributed by atoms with E-state index in [1.54, 1.807) is 46.6 Å². The van der Waals surface area contributed by atoms with E-state index in [1.807, 2.05) is 6.92 Å². The molecule has 9 nitrogen and oxygen atoms in total. The molecule has 0 aliphatic carbocycles. The van der Waals surface area contributed by atoms with Crippen molar-refractivity contribution in [3.63, 3.8) is 0 Å². The van der Waals surface area contributed by atoms with E-state index in [0.717, 1.165) is 0 Å². The Morgan fingerprint density at radius 2 is 1.18 bits per heavy atom. The third-order valence-electron chi connectivity index (χ3n) is 4.91. The Labute approximate surface area is 207 Å². The minimum absolute atomic E-state index is 0.00593. The molecule has 0 aromatic rings. The smallest absolute Gasteiger partial charge is 0.387 e. The van der Waals surface area contributed by atoms with Gasteiger partial charge in [0.1, 0.15) is 0 Å². The van der Waals surface area contributed by atoms with Gasteiger partial charge in [0.2, 0.25) is 0 Å². The first-order valence-corrected chi connectivity index (χ1v) is 19.3. The fourth-order valence-electron chi connectivity index (χ4n) is 3.08. The van der Waals surface area contributed by atoms with Gasteiger partial charge in [0.15, 0.2) is 0 Å². The van der Waals surface area contributed by atoms with Gasteiger partial charge in [-0.15, -0.1) is 0 Å². The molecule has 1 unspecified atom stereocenters. The Hall–Kier alpha value is -1.84. The Morgan fingerprint density at radius 3 is 1.47 bits per heavy atom. The summed E-state index contributed by atoms with van der Waals surface area (Å²) in [5.74, 6) is -2.17. The monoisotopic (exact) mass is 531 g/mol. The summed E-state index contributed by atoms with van der Waals surface area (Å²) >= 11 is 0. The zero-order chi connectivity index (χ0) is 26.9. The van der Waals surface area contributed by atoms with Gasteiger partial charge in [-0.05, 0) is 52.0 Å². The highest BCUT2D eigenvalue weighted by Crippen LogP contribution is 2.27. The van der Waals surface area contributed by atoms with E-state index in [9.17, 15) is 19.5 Å². The summed E-state index contributed by atoms with van der Waals surface area (Å²) in [6, 6.07) is 0. The topological polar surface area (TPSA) is 120 Å². The van der Waals surface area contributed by atoms with Gasteiger partial charge < -0.3 is 27.5 Å². The molecule has 0 rings (SSSR count). The Morgan fingerprint density at radius 1 is 0.794 bits per heavy atom. The molecule has 0 aliphatic heterocycles. The summed E-state index contributed by atoms with van der Waals surface area (Å²) in [7, 11) is -9.50. The molecule has 2 N–H and O–H groups in total. The number of rotatable bonds is 16. The van der Waals surface area contributed by atoms with Crippen LogP contribution >= 0.6 is 0 Å². The van der Waals surface area contributed by atoms with E-state index in [1.165, 1.54) is 0 Å². The summed E-state index contributed by atoms with van der Waals surface area (Å²) in [5, 5.41) is 12.4. The molecular formula is C22H41NO8Si3. The molecule has 0 bridgehead atoms. The number of carboxylic acid groups (broad SMARTS) is 1. The lowest BCUT2D eigenvalue weighted by atomic mass is 10.2. The maximum Gasteiger partial charge on any atom is 0.387 e. The minimum atomic E-state index is -3.31. The second-order valence-electron chi connectivity index (χ2n) is 8.96. The van der Waals surface area contributed by atoms with Crippen molar-refractivity contribution in [1.29, 1.82) is 0 Å². The lowest BCUT2D eigenvalue weighted by Crippen LogP contribution is -2.66. The van der Waals surface area contributed by atoms with Gasteiger partial charge in [-0.3, -0.25) is 0 Å². The van der Waals surface area contributed by atoms with Crippen molar-refractivity contribution in [1.82, 2.24) is 5.32 Å². The molecule has 0 amide bonds. The quantitative estimate of drug-likeness (QED) is 0.224. The van der Waals surface area contributed by atoms with E-state index < -0.39 is 49.3 Å². The second kappa shape index (κ2) is 13.3. The standard InChI is InChI=1S/C22H41NO8Si3/c1-12-16(4)21(26)28-32(7,8)30-34(11,19(14-3)23-15-18(6)20(24)25)31-33(9,10)29-22(27)17(5)13-2/h19,23H,4-6,12-15H2,1-3,7-11H3,(H,24,25). The van der Waals surface area contributed by atoms with Crippen molar-refractivity contribution in [2.75, 3.05) is 6.54 Å². The molecule has 0 aromatic heterocycles. The number of carboxylic acids is 1. The van der Waals surface area contributed by atoms with E-state index in [2.05, 4.69) is 25.1 Å². The van der Waals surface area contributed by atoms with Crippen molar-refractivity contribution in [2.45, 2.75) is 78.4 Å². The second-order valence-corrected chi connectivity index (χ2v) is 19.3. The van der Waals surface area contributed by atoms with Crippen molar-refractivity contribution >= 4 is 43.6 Å². The van der Waals surface area contributed by atoms with E-state index in [4.69, 9.17) is 17.1 Å². The summed E-state index contributed by atoms with van der Waals surface area (Å²) in [4.78, 5) is 36.0. The van der Waals surface area contributed by atoms with E-state index in [-0.39, 0.29) is 12.1 Å². The fraction of sp³-hybridized carbons (Fsp3) is 0.591. The van der Waals surface area contributed by atoms with Gasteiger partial charge >= 0.3 is 43.6 Å². The van der Waals surface area contributed by atoms with Gasteiger partial charge in [-0.1, -0.05) is 40.5 Å². The molecule has 0 radical (unpaired) electrons. The van der Waals surface area contributed by atoms with Gasteiger partial charge in [0.25, 0.3) is 0 Å². The van der Waals surface area contributed by atoms with Crippen LogP contribution in [0.5, 0.6) is 0 Å². The van der Waals surface area contributed by atoms with Crippen molar-refractivity contribution in [3.8, 4) is 0 Å². The average Bonchev–Trinajstić information content (AvgIpc) is 2.70. The van der Waals surface area contributed by atoms with Crippen molar-refractivity contribution < 1.29 is 36.6 Å². The van der Waals surface area contributed by atoms with Crippen LogP contribution in [-0.4, -0.2) is 60.9 Å². The normalized spacial score (nSPS) is 13.1. The highest BCUT2D eigenvalue weighted by molar-refractivity contribution is 6.86. The number of aliphatic carboxylic acids is 1. The molecular weight excluding hydrogens is 490 g/mol. The minimum Gasteiger partial charge on any atom is -0.492 e. The molecule has 34 heavy (non-hydrogen) atoms. The Bertz CT molecular complexity index is 766. The van der Waals surface area contributed by atoms with Gasteiger partial charge in [0, 0.05) is 28.9 Å². The largest absolute Gasteiger partial charge is 0.492 e. The molecule has 194 valence electrons. The first-order valence-electron chi connectivity index (χ1n) is 11.3. The van der Waals surface area contributed by atoms with Crippen LogP contribution < -0.4 is 5.32 Å². The van der Waals surface area contributed by atoms with Crippen LogP contribution in [0.2, 0.25) is 32.7 Å². The van der Waals surface area contributed by atoms with Gasteiger partial charge in [0.05, 0.1) is 0 Å². The lowest BCUT2D eigenvalue weighted by molar-refractivity contribution is -0.133. The third-order valence-corrected chi connectivity index (χ3v) is 15.3. The molecule has 0 aliphatic rings. The summed E-state index contributed by atoms with van der Waals surface area (Å²) < 4.78 is 24.4. The Kier molecular flexibility index (Phi) is 12.6. The summed E-state index contributed by atoms with van der Waals surface area (Å²) in [6.07, 6.45) is 1.42. The van der Waals surface area contributed by atoms with Crippen LogP contribution in [0.25, 0.3) is 0 Å². The summed E-state index contributed by atoms with van der Waals surface area (Å²) in [6.45, 7) is 25.2. The van der Waals surface area contributed by atoms with Crippen LogP contribution in [0, 0.1) is 0 Å². The van der Waals surface area contributed by atoms with Crippen molar-refractivity contribution in [3.05, 3.63) is 36.5 Å². The predicted octanol–water partition coefficient (Wildman–Crippen LogP) is 4.06. The molecule has 0 saturated carbocycles. The Balaban J connectivity index is 6.05. The van der Waals surface area contributed by atoms with Gasteiger partial charge in [-0.2, -0.15) is 0 Å². The van der Waals surface area contributed by atoms with Crippen molar-refractivity contribution in [2.24, 2.45) is 0 Å². The van der Waals surface area contributed by atoms with Gasteiger partial charge in [-0.25, -0.2) is 14.4 Å². The molecule has 0 saturated heterocycles. The fourth-order valence-corrected chi connectivity index (χ4v) is 15.3. The zero-order valence-corrected chi connectivity index (χ0v) is 24.8. The van der Waals surface area contributed by atoms with Crippen LogP contribution in [-0.2, 0) is 31.5 Å². The first kappa shape index (κ1) is 32.2. The third kappa shape index (κ3) is 10.6. The zero-order valence-electron chi connectivity index (χ0n) is 21.8. The van der Waals surface area contributed by atoms with Crippen LogP contribution in [0.1, 0.15) is 40.0 Å². The van der Waals surface area contributed by atoms with E-state index in [0.29, 0.717) is 30.4 Å². The molecule has 12 heteroatoms. The van der Waals surface area contributed by atoms with Crippen LogP contribution in [0.3, 0.4) is 0 Å². The van der Waals surface area contributed by atoms with Crippen LogP contribution in [0.15, 0.2) is 36.5 Å². The first-order chi connectivity index (χ1) is 15.4. The summed E-state index contributed by atoms with van der Waals surface area (Å²) in [5.41, 5.74) is 0.235. The maximum absolute atomic E-state index is 12.4. The molecule has 0 aromatic carbocycles. The number of carbonyl (C=O) groups is 3. The number of hydrogen-bond acceptors (Lipinski definition) is 8. The highest BCUT2D eigenvalue weighted by Gasteiger charge is 2.52. The molecule has 0 heterocycles. The average molecular weight is 532 g/mol. The number of carbonyl (C=O) groups excluding carboxylic acids is 2. The molecule has 0 fully saturated rings. The SMILES string of the molecule is C=C(CNC(CC)[Si](C)(O[Si](C)(C)OC(=O)C(=C)CC)O[Si](C)(C)OC(=O)C(=C)CC)C(=O)O. The van der Waals surface area contributed by atoms with E-state index >= 15 is 0 Å². The highest BCUT2D eigenvalue weighted by atomic mass is 28.5.